The van der Waals surface area contributed by atoms with Crippen LogP contribution in [-0.2, 0) is 4.74 Å². The molecule has 2 atom stereocenters. The number of carbonyl (C=O) groups excluding carboxylic acids is 1. The molecule has 0 aromatic carbocycles. The van der Waals surface area contributed by atoms with Crippen LogP contribution in [0.4, 0.5) is 4.79 Å². The summed E-state index contributed by atoms with van der Waals surface area (Å²) in [6.07, 6.45) is 2.89. The molecule has 1 amide bonds. The number of nitriles is 1. The molecule has 2 fully saturated rings. The highest BCUT2D eigenvalue weighted by Crippen LogP contribution is 2.45. The Morgan fingerprint density at radius 2 is 2.21 bits per heavy atom. The summed E-state index contributed by atoms with van der Waals surface area (Å²) in [7, 11) is 0. The van der Waals surface area contributed by atoms with Gasteiger partial charge in [-0.3, -0.25) is 0 Å². The lowest BCUT2D eigenvalue weighted by atomic mass is 9.79. The number of rotatable bonds is 3. The summed E-state index contributed by atoms with van der Waals surface area (Å²) in [5, 5.41) is 9.17. The van der Waals surface area contributed by atoms with Crippen LogP contribution < -0.4 is 0 Å². The van der Waals surface area contributed by atoms with Gasteiger partial charge >= 0.3 is 6.09 Å². The monoisotopic (exact) mass is 264 g/mol. The third-order valence-electron chi connectivity index (χ3n) is 4.59. The number of carbonyl (C=O) groups is 1. The smallest absolute Gasteiger partial charge is 0.409 e. The molecule has 1 saturated heterocycles. The van der Waals surface area contributed by atoms with Gasteiger partial charge in [-0.25, -0.2) is 4.79 Å². The Balaban J connectivity index is 1.87. The van der Waals surface area contributed by atoms with E-state index in [1.54, 1.807) is 4.90 Å². The molecule has 4 heteroatoms. The first-order valence-electron chi connectivity index (χ1n) is 7.26. The third-order valence-corrected chi connectivity index (χ3v) is 4.59. The number of ether oxygens (including phenoxy) is 1. The molecule has 0 N–H and O–H groups in total. The van der Waals surface area contributed by atoms with Gasteiger partial charge in [-0.1, -0.05) is 20.8 Å². The van der Waals surface area contributed by atoms with Crippen LogP contribution in [0.5, 0.6) is 0 Å². The summed E-state index contributed by atoms with van der Waals surface area (Å²) in [5.41, 5.74) is 0.234. The average Bonchev–Trinajstić information content (AvgIpc) is 3.13. The zero-order valence-corrected chi connectivity index (χ0v) is 12.2. The van der Waals surface area contributed by atoms with Gasteiger partial charge in [-0.05, 0) is 31.1 Å². The lowest BCUT2D eigenvalue weighted by Gasteiger charge is -2.37. The predicted octanol–water partition coefficient (Wildman–Crippen LogP) is 3.04. The van der Waals surface area contributed by atoms with Gasteiger partial charge in [0.1, 0.15) is 0 Å². The fraction of sp³-hybridized carbons (Fsp3) is 0.867. The van der Waals surface area contributed by atoms with E-state index >= 15 is 0 Å². The molecule has 4 nitrogen and oxygen atoms in total. The number of likely N-dealkylation sites (tertiary alicyclic amines) is 1. The molecule has 0 radical (unpaired) electrons. The molecule has 0 aromatic heterocycles. The quantitative estimate of drug-likeness (QED) is 0.787. The van der Waals surface area contributed by atoms with Crippen molar-refractivity contribution in [1.82, 2.24) is 4.90 Å². The first-order chi connectivity index (χ1) is 8.95. The van der Waals surface area contributed by atoms with Gasteiger partial charge in [0.2, 0.25) is 0 Å². The van der Waals surface area contributed by atoms with Gasteiger partial charge in [-0.15, -0.1) is 0 Å². The van der Waals surface area contributed by atoms with Crippen molar-refractivity contribution in [3.8, 4) is 6.07 Å². The van der Waals surface area contributed by atoms with Crippen LogP contribution >= 0.6 is 0 Å². The van der Waals surface area contributed by atoms with Crippen LogP contribution in [0.1, 0.15) is 40.0 Å². The Hall–Kier alpha value is -1.24. The summed E-state index contributed by atoms with van der Waals surface area (Å²) < 4.78 is 5.41. The zero-order valence-electron chi connectivity index (χ0n) is 12.2. The summed E-state index contributed by atoms with van der Waals surface area (Å²) >= 11 is 0. The van der Waals surface area contributed by atoms with Crippen LogP contribution in [0, 0.1) is 34.5 Å². The summed E-state index contributed by atoms with van der Waals surface area (Å²) in [4.78, 5) is 13.8. The van der Waals surface area contributed by atoms with E-state index in [4.69, 9.17) is 10.00 Å². The van der Waals surface area contributed by atoms with Crippen LogP contribution in [0.15, 0.2) is 0 Å². The maximum absolute atomic E-state index is 12.1. The SMILES string of the molecule is CC(C)C1CN(C(=O)OCC2(C)CC2)CCC1C#N. The average molecular weight is 264 g/mol. The normalized spacial score (nSPS) is 28.9. The first kappa shape index (κ1) is 14.2. The van der Waals surface area contributed by atoms with Gasteiger partial charge in [0, 0.05) is 18.5 Å². The summed E-state index contributed by atoms with van der Waals surface area (Å²) in [6.45, 7) is 8.24. The van der Waals surface area contributed by atoms with Crippen LogP contribution in [-0.4, -0.2) is 30.7 Å². The minimum atomic E-state index is -0.199. The van der Waals surface area contributed by atoms with Gasteiger partial charge in [0.05, 0.1) is 18.6 Å². The Morgan fingerprint density at radius 1 is 1.53 bits per heavy atom. The van der Waals surface area contributed by atoms with Crippen molar-refractivity contribution in [2.24, 2.45) is 23.2 Å². The number of piperidine rings is 1. The van der Waals surface area contributed by atoms with Crippen molar-refractivity contribution in [3.05, 3.63) is 0 Å². The third kappa shape index (κ3) is 3.40. The van der Waals surface area contributed by atoms with E-state index < -0.39 is 0 Å². The highest BCUT2D eigenvalue weighted by atomic mass is 16.6. The number of hydrogen-bond donors (Lipinski definition) is 0. The van der Waals surface area contributed by atoms with Crippen molar-refractivity contribution in [2.45, 2.75) is 40.0 Å². The Bertz CT molecular complexity index is 382. The van der Waals surface area contributed by atoms with Crippen molar-refractivity contribution >= 4 is 6.09 Å². The van der Waals surface area contributed by atoms with Crippen LogP contribution in [0.2, 0.25) is 0 Å². The Kier molecular flexibility index (Phi) is 4.03. The first-order valence-corrected chi connectivity index (χ1v) is 7.26. The number of hydrogen-bond acceptors (Lipinski definition) is 3. The fourth-order valence-corrected chi connectivity index (χ4v) is 2.67. The number of nitrogens with zero attached hydrogens (tertiary/aromatic N) is 2. The second kappa shape index (κ2) is 5.40. The maximum atomic E-state index is 12.1. The lowest BCUT2D eigenvalue weighted by molar-refractivity contribution is 0.0566. The van der Waals surface area contributed by atoms with Gasteiger partial charge in [0.15, 0.2) is 0 Å². The van der Waals surface area contributed by atoms with Gasteiger partial charge in [0.25, 0.3) is 0 Å². The molecule has 1 saturated carbocycles. The summed E-state index contributed by atoms with van der Waals surface area (Å²) in [6, 6.07) is 2.38. The van der Waals surface area contributed by atoms with Crippen molar-refractivity contribution in [1.29, 1.82) is 5.26 Å². The Labute approximate surface area is 115 Å². The molecule has 19 heavy (non-hydrogen) atoms. The standard InChI is InChI=1S/C15H24N2O2/c1-11(2)13-9-17(7-4-12(13)8-16)14(18)19-10-15(3)5-6-15/h11-13H,4-7,9-10H2,1-3H3. The molecule has 2 unspecified atom stereocenters. The van der Waals surface area contributed by atoms with E-state index in [0.29, 0.717) is 25.6 Å². The minimum absolute atomic E-state index is 0.0741. The van der Waals surface area contributed by atoms with E-state index in [1.807, 2.05) is 0 Å². The summed E-state index contributed by atoms with van der Waals surface area (Å²) in [5.74, 6) is 0.758. The molecule has 2 aliphatic rings. The molecule has 1 heterocycles. The van der Waals surface area contributed by atoms with Crippen molar-refractivity contribution in [2.75, 3.05) is 19.7 Å². The molecule has 2 rings (SSSR count). The zero-order chi connectivity index (χ0) is 14.0. The largest absolute Gasteiger partial charge is 0.449 e. The molecule has 0 spiro atoms. The van der Waals surface area contributed by atoms with E-state index in [2.05, 4.69) is 26.8 Å². The maximum Gasteiger partial charge on any atom is 0.409 e. The van der Waals surface area contributed by atoms with Crippen molar-refractivity contribution < 1.29 is 9.53 Å². The highest BCUT2D eigenvalue weighted by Gasteiger charge is 2.40. The van der Waals surface area contributed by atoms with E-state index in [9.17, 15) is 4.79 Å². The second-order valence-electron chi connectivity index (χ2n) is 6.74. The van der Waals surface area contributed by atoms with E-state index in [-0.39, 0.29) is 23.3 Å². The lowest BCUT2D eigenvalue weighted by Crippen LogP contribution is -2.45. The molecule has 0 aromatic rings. The number of amides is 1. The Morgan fingerprint density at radius 3 is 2.74 bits per heavy atom. The second-order valence-corrected chi connectivity index (χ2v) is 6.74. The predicted molar refractivity (Wildman–Crippen MR) is 72.3 cm³/mol. The molecular weight excluding hydrogens is 240 g/mol. The topological polar surface area (TPSA) is 53.3 Å². The van der Waals surface area contributed by atoms with Crippen LogP contribution in [0.3, 0.4) is 0 Å². The van der Waals surface area contributed by atoms with Crippen LogP contribution in [0.25, 0.3) is 0 Å². The molecule has 1 aliphatic heterocycles. The van der Waals surface area contributed by atoms with Gasteiger partial charge in [-0.2, -0.15) is 5.26 Å². The van der Waals surface area contributed by atoms with Gasteiger partial charge < -0.3 is 9.64 Å². The molecular formula is C15H24N2O2. The molecule has 106 valence electrons. The fourth-order valence-electron chi connectivity index (χ4n) is 2.67. The van der Waals surface area contributed by atoms with E-state index in [1.165, 1.54) is 0 Å². The minimum Gasteiger partial charge on any atom is -0.449 e. The molecule has 0 bridgehead atoms. The molecule has 1 aliphatic carbocycles. The van der Waals surface area contributed by atoms with E-state index in [0.717, 1.165) is 19.3 Å². The van der Waals surface area contributed by atoms with Crippen molar-refractivity contribution in [3.63, 3.8) is 0 Å². The highest BCUT2D eigenvalue weighted by molar-refractivity contribution is 5.67.